The lowest BCUT2D eigenvalue weighted by Gasteiger charge is -2.16. The molecule has 1 aromatic rings. The fraction of sp³-hybridized carbons (Fsp3) is 0.700. The molecule has 12 heavy (non-hydrogen) atoms. The standard InChI is InChI=1S/C8H12N2.C2H6.H2/c1-6-3-2-4-8-7(6)5-9-10-8;1-2;/h5-6H,2-4H2,1H3,(H,9,10);1-2H3;1H. The number of aryl methyl sites for hydroxylation is 1. The van der Waals surface area contributed by atoms with E-state index in [0.29, 0.717) is 0 Å². The van der Waals surface area contributed by atoms with E-state index in [1.54, 1.807) is 0 Å². The lowest BCUT2D eigenvalue weighted by Crippen LogP contribution is -2.04. The van der Waals surface area contributed by atoms with E-state index in [1.165, 1.54) is 30.5 Å². The fourth-order valence-electron chi connectivity index (χ4n) is 1.69. The van der Waals surface area contributed by atoms with Crippen molar-refractivity contribution in [3.05, 3.63) is 17.5 Å². The molecule has 0 bridgehead atoms. The third kappa shape index (κ3) is 1.68. The second kappa shape index (κ2) is 4.29. The van der Waals surface area contributed by atoms with Gasteiger partial charge in [-0.15, -0.1) is 0 Å². The topological polar surface area (TPSA) is 28.7 Å². The average Bonchev–Trinajstić information content (AvgIpc) is 2.57. The van der Waals surface area contributed by atoms with Crippen LogP contribution in [0.4, 0.5) is 0 Å². The van der Waals surface area contributed by atoms with E-state index in [1.807, 2.05) is 20.0 Å². The number of aromatic amines is 1. The van der Waals surface area contributed by atoms with Crippen molar-refractivity contribution in [2.24, 2.45) is 0 Å². The Kier molecular flexibility index (Phi) is 3.32. The number of nitrogens with one attached hydrogen (secondary N) is 1. The van der Waals surface area contributed by atoms with Crippen LogP contribution in [0.25, 0.3) is 0 Å². The van der Waals surface area contributed by atoms with Crippen LogP contribution in [0.2, 0.25) is 0 Å². The van der Waals surface area contributed by atoms with Crippen molar-refractivity contribution in [1.82, 2.24) is 10.2 Å². The minimum atomic E-state index is 0. The Morgan fingerprint density at radius 1 is 1.58 bits per heavy atom. The summed E-state index contributed by atoms with van der Waals surface area (Å²) in [5, 5.41) is 7.07. The van der Waals surface area contributed by atoms with E-state index >= 15 is 0 Å². The smallest absolute Gasteiger partial charge is 0.0524 e. The molecule has 0 radical (unpaired) electrons. The molecule has 1 heterocycles. The van der Waals surface area contributed by atoms with Gasteiger partial charge in [-0.2, -0.15) is 5.10 Å². The second-order valence-electron chi connectivity index (χ2n) is 3.10. The molecule has 1 aliphatic rings. The Morgan fingerprint density at radius 3 is 3.00 bits per heavy atom. The van der Waals surface area contributed by atoms with Crippen LogP contribution in [0.5, 0.6) is 0 Å². The molecule has 1 aromatic heterocycles. The summed E-state index contributed by atoms with van der Waals surface area (Å²) in [7, 11) is 0. The van der Waals surface area contributed by atoms with Gasteiger partial charge in [-0.1, -0.05) is 20.8 Å². The number of hydrogen-bond donors (Lipinski definition) is 1. The molecule has 1 N–H and O–H groups in total. The van der Waals surface area contributed by atoms with Gasteiger partial charge < -0.3 is 0 Å². The van der Waals surface area contributed by atoms with Gasteiger partial charge in [-0.3, -0.25) is 5.10 Å². The lowest BCUT2D eigenvalue weighted by atomic mass is 9.89. The number of nitrogens with zero attached hydrogens (tertiary/aromatic N) is 1. The maximum atomic E-state index is 4.03. The normalized spacial score (nSPS) is 20.8. The van der Waals surface area contributed by atoms with Crippen molar-refractivity contribution < 1.29 is 1.43 Å². The molecule has 2 nitrogen and oxygen atoms in total. The second-order valence-corrected chi connectivity index (χ2v) is 3.10. The Balaban J connectivity index is 0.000000451. The van der Waals surface area contributed by atoms with Crippen LogP contribution < -0.4 is 0 Å². The summed E-state index contributed by atoms with van der Waals surface area (Å²) in [5.74, 6) is 0.725. The Morgan fingerprint density at radius 2 is 2.33 bits per heavy atom. The summed E-state index contributed by atoms with van der Waals surface area (Å²) >= 11 is 0. The van der Waals surface area contributed by atoms with Crippen LogP contribution in [0.15, 0.2) is 6.20 Å². The maximum Gasteiger partial charge on any atom is 0.0524 e. The number of hydrogen-bond acceptors (Lipinski definition) is 1. The largest absolute Gasteiger partial charge is 0.282 e. The first kappa shape index (κ1) is 9.30. The van der Waals surface area contributed by atoms with Crippen molar-refractivity contribution in [1.29, 1.82) is 0 Å². The van der Waals surface area contributed by atoms with Crippen LogP contribution in [0.1, 0.15) is 52.2 Å². The molecule has 0 spiro atoms. The summed E-state index contributed by atoms with van der Waals surface area (Å²) in [4.78, 5) is 0. The van der Waals surface area contributed by atoms with E-state index in [0.717, 1.165) is 5.92 Å². The first-order valence-electron chi connectivity index (χ1n) is 4.90. The van der Waals surface area contributed by atoms with Crippen LogP contribution in [-0.2, 0) is 6.42 Å². The molecular formula is C10H20N2. The number of aromatic nitrogens is 2. The molecule has 0 fully saturated rings. The van der Waals surface area contributed by atoms with Gasteiger partial charge in [0, 0.05) is 7.12 Å². The third-order valence-electron chi connectivity index (χ3n) is 2.35. The van der Waals surface area contributed by atoms with E-state index in [9.17, 15) is 0 Å². The van der Waals surface area contributed by atoms with Crippen molar-refractivity contribution in [2.45, 2.75) is 46.0 Å². The van der Waals surface area contributed by atoms with E-state index < -0.39 is 0 Å². The number of rotatable bonds is 0. The molecule has 0 saturated heterocycles. The molecule has 1 atom stereocenters. The fourth-order valence-corrected chi connectivity index (χ4v) is 1.69. The van der Waals surface area contributed by atoms with Gasteiger partial charge in [-0.05, 0) is 30.7 Å². The molecule has 70 valence electrons. The summed E-state index contributed by atoms with van der Waals surface area (Å²) in [6.45, 7) is 6.27. The van der Waals surface area contributed by atoms with Gasteiger partial charge in [0.15, 0.2) is 0 Å². The molecule has 1 aliphatic carbocycles. The van der Waals surface area contributed by atoms with Gasteiger partial charge in [-0.25, -0.2) is 0 Å². The van der Waals surface area contributed by atoms with Crippen LogP contribution >= 0.6 is 0 Å². The van der Waals surface area contributed by atoms with E-state index in [4.69, 9.17) is 0 Å². The average molecular weight is 168 g/mol. The zero-order valence-corrected chi connectivity index (χ0v) is 8.22. The Labute approximate surface area is 75.9 Å². The van der Waals surface area contributed by atoms with Gasteiger partial charge in [0.2, 0.25) is 0 Å². The monoisotopic (exact) mass is 168 g/mol. The minimum absolute atomic E-state index is 0. The highest BCUT2D eigenvalue weighted by atomic mass is 15.1. The molecule has 0 amide bonds. The first-order valence-corrected chi connectivity index (χ1v) is 4.90. The predicted octanol–water partition coefficient (Wildman–Crippen LogP) is 3.12. The minimum Gasteiger partial charge on any atom is -0.282 e. The molecule has 0 saturated carbocycles. The zero-order valence-electron chi connectivity index (χ0n) is 8.22. The van der Waals surface area contributed by atoms with Gasteiger partial charge >= 0.3 is 0 Å². The third-order valence-corrected chi connectivity index (χ3v) is 2.35. The lowest BCUT2D eigenvalue weighted by molar-refractivity contribution is 0.585. The van der Waals surface area contributed by atoms with Crippen molar-refractivity contribution in [3.8, 4) is 0 Å². The first-order chi connectivity index (χ1) is 5.88. The summed E-state index contributed by atoms with van der Waals surface area (Å²) < 4.78 is 0. The van der Waals surface area contributed by atoms with Gasteiger partial charge in [0.25, 0.3) is 0 Å². The Bertz CT molecular complexity index is 233. The number of fused-ring (bicyclic) bond motifs is 1. The van der Waals surface area contributed by atoms with Crippen molar-refractivity contribution in [3.63, 3.8) is 0 Å². The SMILES string of the molecule is CC.CC1CCCc2[nH]ncc21.[HH]. The van der Waals surface area contributed by atoms with Crippen molar-refractivity contribution >= 4 is 0 Å². The highest BCUT2D eigenvalue weighted by molar-refractivity contribution is 5.23. The van der Waals surface area contributed by atoms with Crippen LogP contribution in [0, 0.1) is 0 Å². The molecule has 2 heteroatoms. The molecule has 0 aromatic carbocycles. The van der Waals surface area contributed by atoms with Crippen molar-refractivity contribution in [2.75, 3.05) is 0 Å². The molecule has 1 unspecified atom stereocenters. The highest BCUT2D eigenvalue weighted by Gasteiger charge is 2.16. The Hall–Kier alpha value is -0.790. The van der Waals surface area contributed by atoms with E-state index in [2.05, 4.69) is 17.1 Å². The van der Waals surface area contributed by atoms with Crippen LogP contribution in [-0.4, -0.2) is 10.2 Å². The summed E-state index contributed by atoms with van der Waals surface area (Å²) in [6.07, 6.45) is 5.81. The van der Waals surface area contributed by atoms with Gasteiger partial charge in [0.05, 0.1) is 6.20 Å². The molecule has 0 aliphatic heterocycles. The number of H-pyrrole nitrogens is 1. The summed E-state index contributed by atoms with van der Waals surface area (Å²) in [6, 6.07) is 0. The highest BCUT2D eigenvalue weighted by Crippen LogP contribution is 2.28. The zero-order chi connectivity index (χ0) is 8.97. The molecular weight excluding hydrogens is 148 g/mol. The van der Waals surface area contributed by atoms with Gasteiger partial charge in [0.1, 0.15) is 0 Å². The van der Waals surface area contributed by atoms with Crippen LogP contribution in [0.3, 0.4) is 0 Å². The maximum absolute atomic E-state index is 4.03. The quantitative estimate of drug-likeness (QED) is 0.633. The molecule has 2 rings (SSSR count). The predicted molar refractivity (Wildman–Crippen MR) is 53.4 cm³/mol. The summed E-state index contributed by atoms with van der Waals surface area (Å²) in [5.41, 5.74) is 2.80. The van der Waals surface area contributed by atoms with E-state index in [-0.39, 0.29) is 1.43 Å².